The van der Waals surface area contributed by atoms with Crippen molar-refractivity contribution in [3.8, 4) is 0 Å². The molecule has 1 atom stereocenters. The summed E-state index contributed by atoms with van der Waals surface area (Å²) in [5.41, 5.74) is 6.45. The van der Waals surface area contributed by atoms with Crippen molar-refractivity contribution in [1.82, 2.24) is 9.80 Å². The molecule has 1 rings (SSSR count). The molecule has 1 unspecified atom stereocenters. The molecular weight excluding hydrogens is 297 g/mol. The summed E-state index contributed by atoms with van der Waals surface area (Å²) in [5, 5.41) is 0.606. The third kappa shape index (κ3) is 4.01. The summed E-state index contributed by atoms with van der Waals surface area (Å²) in [6.07, 6.45) is 0. The molecule has 4 nitrogen and oxygen atoms in total. The maximum absolute atomic E-state index is 12.6. The first-order valence-electron chi connectivity index (χ1n) is 6.48. The molecule has 0 aliphatic rings. The lowest BCUT2D eigenvalue weighted by Crippen LogP contribution is -2.43. The van der Waals surface area contributed by atoms with Crippen LogP contribution in [0.3, 0.4) is 0 Å². The third-order valence-electron chi connectivity index (χ3n) is 3.09. The fraction of sp³-hybridized carbons (Fsp3) is 0.500. The maximum atomic E-state index is 12.6. The Morgan fingerprint density at radius 2 is 1.80 bits per heavy atom. The van der Waals surface area contributed by atoms with Gasteiger partial charge in [-0.2, -0.15) is 0 Å². The Balaban J connectivity index is 3.02. The number of benzene rings is 1. The van der Waals surface area contributed by atoms with Crippen LogP contribution >= 0.6 is 23.2 Å². The van der Waals surface area contributed by atoms with Gasteiger partial charge in [0, 0.05) is 24.7 Å². The van der Waals surface area contributed by atoms with Crippen molar-refractivity contribution >= 4 is 34.8 Å². The number of nitrogens with zero attached hydrogens (tertiary/aromatic N) is 2. The fourth-order valence-electron chi connectivity index (χ4n) is 2.16. The first-order valence-corrected chi connectivity index (χ1v) is 7.23. The highest BCUT2D eigenvalue weighted by atomic mass is 35.5. The summed E-state index contributed by atoms with van der Waals surface area (Å²) in [6, 6.07) is 3.23. The average molecular weight is 318 g/mol. The molecular formula is C14H21Cl2N3O. The summed E-state index contributed by atoms with van der Waals surface area (Å²) in [4.78, 5) is 16.4. The third-order valence-corrected chi connectivity index (χ3v) is 3.71. The molecule has 0 heterocycles. The number of hydrogen-bond acceptors (Lipinski definition) is 3. The molecule has 6 heteroatoms. The normalized spacial score (nSPS) is 12.6. The molecule has 1 aromatic carbocycles. The number of carbonyl (C=O) groups excluding carboxylic acids is 1. The molecule has 112 valence electrons. The molecule has 1 amide bonds. The van der Waals surface area contributed by atoms with Gasteiger partial charge in [-0.05, 0) is 40.1 Å². The van der Waals surface area contributed by atoms with Gasteiger partial charge in [-0.1, -0.05) is 23.2 Å². The minimum Gasteiger partial charge on any atom is -0.396 e. The van der Waals surface area contributed by atoms with Gasteiger partial charge in [-0.15, -0.1) is 0 Å². The van der Waals surface area contributed by atoms with E-state index in [1.54, 1.807) is 17.0 Å². The van der Waals surface area contributed by atoms with E-state index >= 15 is 0 Å². The topological polar surface area (TPSA) is 49.6 Å². The number of amides is 1. The van der Waals surface area contributed by atoms with E-state index in [9.17, 15) is 4.79 Å². The molecule has 0 spiro atoms. The molecule has 20 heavy (non-hydrogen) atoms. The minimum absolute atomic E-state index is 0.0920. The molecule has 0 aliphatic carbocycles. The maximum Gasteiger partial charge on any atom is 0.254 e. The highest BCUT2D eigenvalue weighted by Gasteiger charge is 2.21. The molecule has 2 N–H and O–H groups in total. The summed E-state index contributed by atoms with van der Waals surface area (Å²) < 4.78 is 0. The quantitative estimate of drug-likeness (QED) is 0.849. The monoisotopic (exact) mass is 317 g/mol. The number of halogens is 2. The summed E-state index contributed by atoms with van der Waals surface area (Å²) in [5.74, 6) is -0.0920. The zero-order chi connectivity index (χ0) is 15.4. The van der Waals surface area contributed by atoms with Gasteiger partial charge in [0.15, 0.2) is 0 Å². The highest BCUT2D eigenvalue weighted by Crippen LogP contribution is 2.29. The van der Waals surface area contributed by atoms with Gasteiger partial charge in [0.05, 0.1) is 15.7 Å². The number of rotatable bonds is 5. The van der Waals surface area contributed by atoms with E-state index in [0.29, 0.717) is 27.8 Å². The van der Waals surface area contributed by atoms with Gasteiger partial charge in [0.25, 0.3) is 5.91 Å². The Bertz CT molecular complexity index is 468. The van der Waals surface area contributed by atoms with Gasteiger partial charge in [0.1, 0.15) is 0 Å². The Labute approximate surface area is 130 Å². The number of nitrogens with two attached hydrogens (primary N) is 1. The number of nitrogen functional groups attached to an aromatic ring is 1. The number of anilines is 1. The van der Waals surface area contributed by atoms with Crippen LogP contribution in [0.4, 0.5) is 5.69 Å². The number of likely N-dealkylation sites (N-methyl/N-ethyl adjacent to an activating group) is 2. The molecule has 0 radical (unpaired) electrons. The minimum atomic E-state index is -0.0920. The lowest BCUT2D eigenvalue weighted by molar-refractivity contribution is 0.0679. The molecule has 0 saturated heterocycles. The van der Waals surface area contributed by atoms with Gasteiger partial charge in [0.2, 0.25) is 0 Å². The van der Waals surface area contributed by atoms with Crippen molar-refractivity contribution in [1.29, 1.82) is 0 Å². The van der Waals surface area contributed by atoms with Crippen LogP contribution in [-0.2, 0) is 0 Å². The van der Waals surface area contributed by atoms with Crippen LogP contribution in [0.1, 0.15) is 24.2 Å². The molecule has 0 saturated carbocycles. The predicted molar refractivity (Wildman–Crippen MR) is 85.6 cm³/mol. The number of carbonyl (C=O) groups is 1. The van der Waals surface area contributed by atoms with E-state index in [4.69, 9.17) is 28.9 Å². The van der Waals surface area contributed by atoms with E-state index in [2.05, 4.69) is 0 Å². The van der Waals surface area contributed by atoms with Gasteiger partial charge < -0.3 is 15.5 Å². The van der Waals surface area contributed by atoms with Crippen LogP contribution in [0.2, 0.25) is 10.0 Å². The summed E-state index contributed by atoms with van der Waals surface area (Å²) in [7, 11) is 3.96. The Morgan fingerprint density at radius 3 is 2.20 bits per heavy atom. The van der Waals surface area contributed by atoms with Crippen molar-refractivity contribution in [2.75, 3.05) is 32.9 Å². The van der Waals surface area contributed by atoms with Crippen LogP contribution in [0, 0.1) is 0 Å². The first kappa shape index (κ1) is 17.1. The SMILES string of the molecule is CCN(C(=O)c1cc(Cl)c(N)c(Cl)c1)C(C)CN(C)C. The predicted octanol–water partition coefficient (Wildman–Crippen LogP) is 2.99. The lowest BCUT2D eigenvalue weighted by atomic mass is 10.1. The van der Waals surface area contributed by atoms with Crippen molar-refractivity contribution in [3.05, 3.63) is 27.7 Å². The van der Waals surface area contributed by atoms with Crippen LogP contribution in [0.5, 0.6) is 0 Å². The molecule has 0 fully saturated rings. The molecule has 0 aliphatic heterocycles. The van der Waals surface area contributed by atoms with Crippen molar-refractivity contribution in [3.63, 3.8) is 0 Å². The first-order chi connectivity index (χ1) is 9.27. The van der Waals surface area contributed by atoms with E-state index in [1.165, 1.54) is 0 Å². The summed E-state index contributed by atoms with van der Waals surface area (Å²) in [6.45, 7) is 5.37. The zero-order valence-corrected chi connectivity index (χ0v) is 13.8. The van der Waals surface area contributed by atoms with Gasteiger partial charge >= 0.3 is 0 Å². The second kappa shape index (κ2) is 7.16. The smallest absolute Gasteiger partial charge is 0.254 e. The highest BCUT2D eigenvalue weighted by molar-refractivity contribution is 6.39. The van der Waals surface area contributed by atoms with Crippen LogP contribution in [-0.4, -0.2) is 48.9 Å². The van der Waals surface area contributed by atoms with E-state index in [0.717, 1.165) is 6.54 Å². The van der Waals surface area contributed by atoms with Crippen LogP contribution < -0.4 is 5.73 Å². The van der Waals surface area contributed by atoms with Gasteiger partial charge in [-0.3, -0.25) is 4.79 Å². The summed E-state index contributed by atoms with van der Waals surface area (Å²) >= 11 is 12.0. The van der Waals surface area contributed by atoms with Crippen molar-refractivity contribution in [2.24, 2.45) is 0 Å². The Kier molecular flexibility index (Phi) is 6.11. The second-order valence-corrected chi connectivity index (χ2v) is 5.87. The molecule has 1 aromatic rings. The molecule has 0 aromatic heterocycles. The lowest BCUT2D eigenvalue weighted by Gasteiger charge is -2.30. The zero-order valence-electron chi connectivity index (χ0n) is 12.3. The Morgan fingerprint density at radius 1 is 1.30 bits per heavy atom. The fourth-order valence-corrected chi connectivity index (χ4v) is 2.64. The molecule has 0 bridgehead atoms. The van der Waals surface area contributed by atoms with E-state index in [-0.39, 0.29) is 11.9 Å². The average Bonchev–Trinajstić information content (AvgIpc) is 2.35. The van der Waals surface area contributed by atoms with E-state index in [1.807, 2.05) is 32.8 Å². The van der Waals surface area contributed by atoms with E-state index < -0.39 is 0 Å². The van der Waals surface area contributed by atoms with Gasteiger partial charge in [-0.25, -0.2) is 0 Å². The van der Waals surface area contributed by atoms with Crippen LogP contribution in [0.15, 0.2) is 12.1 Å². The number of hydrogen-bond donors (Lipinski definition) is 1. The van der Waals surface area contributed by atoms with Crippen molar-refractivity contribution < 1.29 is 4.79 Å². The largest absolute Gasteiger partial charge is 0.396 e. The van der Waals surface area contributed by atoms with Crippen LogP contribution in [0.25, 0.3) is 0 Å². The van der Waals surface area contributed by atoms with Crippen molar-refractivity contribution in [2.45, 2.75) is 19.9 Å². The standard InChI is InChI=1S/C14H21Cl2N3O/c1-5-19(9(2)8-18(3)4)14(20)10-6-11(15)13(17)12(16)7-10/h6-7,9H,5,8,17H2,1-4H3. The second-order valence-electron chi connectivity index (χ2n) is 5.06. The Hall–Kier alpha value is -0.970.